The van der Waals surface area contributed by atoms with Gasteiger partial charge in [-0.1, -0.05) is 31.4 Å². The Labute approximate surface area is 96.9 Å². The highest BCUT2D eigenvalue weighted by Gasteiger charge is 2.14. The number of ether oxygens (including phenoxy) is 1. The van der Waals surface area contributed by atoms with Gasteiger partial charge in [0.05, 0.1) is 12.2 Å². The van der Waals surface area contributed by atoms with Gasteiger partial charge in [-0.05, 0) is 30.9 Å². The predicted molar refractivity (Wildman–Crippen MR) is 63.2 cm³/mol. The molecule has 2 rings (SSSR count). The summed E-state index contributed by atoms with van der Waals surface area (Å²) >= 11 is 0. The maximum Gasteiger partial charge on any atom is 0.137 e. The lowest BCUT2D eigenvalue weighted by molar-refractivity contribution is 0.208. The Bertz CT molecular complexity index is 375. The number of benzene rings is 1. The van der Waals surface area contributed by atoms with Gasteiger partial charge in [-0.2, -0.15) is 5.26 Å². The number of nitrogens with zero attached hydrogens (tertiary/aromatic N) is 1. The van der Waals surface area contributed by atoms with Gasteiger partial charge in [0.15, 0.2) is 0 Å². The summed E-state index contributed by atoms with van der Waals surface area (Å²) in [4.78, 5) is 0. The lowest BCUT2D eigenvalue weighted by Crippen LogP contribution is -2.15. The molecule has 1 aromatic rings. The van der Waals surface area contributed by atoms with Crippen molar-refractivity contribution in [3.8, 4) is 11.8 Å². The molecule has 0 spiro atoms. The Balaban J connectivity index is 1.91. The van der Waals surface area contributed by atoms with E-state index in [1.165, 1.54) is 32.1 Å². The first kappa shape index (κ1) is 11.0. The van der Waals surface area contributed by atoms with E-state index in [4.69, 9.17) is 10.00 Å². The lowest BCUT2D eigenvalue weighted by Gasteiger charge is -2.21. The van der Waals surface area contributed by atoms with Gasteiger partial charge in [0, 0.05) is 0 Å². The first-order valence-corrected chi connectivity index (χ1v) is 6.02. The minimum absolute atomic E-state index is 0.637. The molecule has 2 heteroatoms. The van der Waals surface area contributed by atoms with Crippen LogP contribution >= 0.6 is 0 Å². The van der Waals surface area contributed by atoms with Crippen molar-refractivity contribution in [3.05, 3.63) is 29.8 Å². The minimum Gasteiger partial charge on any atom is -0.492 e. The smallest absolute Gasteiger partial charge is 0.137 e. The van der Waals surface area contributed by atoms with Gasteiger partial charge in [-0.25, -0.2) is 0 Å². The molecule has 0 aromatic heterocycles. The summed E-state index contributed by atoms with van der Waals surface area (Å²) in [6.45, 7) is 0.763. The Morgan fingerprint density at radius 2 is 1.94 bits per heavy atom. The molecule has 0 bridgehead atoms. The van der Waals surface area contributed by atoms with Crippen LogP contribution in [0.2, 0.25) is 0 Å². The van der Waals surface area contributed by atoms with Crippen LogP contribution in [0.15, 0.2) is 24.3 Å². The third-order valence-electron chi connectivity index (χ3n) is 3.21. The first-order chi connectivity index (χ1) is 7.90. The van der Waals surface area contributed by atoms with Crippen LogP contribution in [-0.4, -0.2) is 6.61 Å². The maximum atomic E-state index is 8.93. The quantitative estimate of drug-likeness (QED) is 0.772. The van der Waals surface area contributed by atoms with Crippen LogP contribution in [0.1, 0.15) is 37.7 Å². The molecular formula is C14H17NO. The molecule has 1 aromatic carbocycles. The third-order valence-corrected chi connectivity index (χ3v) is 3.21. The average Bonchev–Trinajstić information content (AvgIpc) is 2.38. The average molecular weight is 215 g/mol. The summed E-state index contributed by atoms with van der Waals surface area (Å²) < 4.78 is 5.74. The summed E-state index contributed by atoms with van der Waals surface area (Å²) in [6, 6.07) is 9.62. The molecule has 0 heterocycles. The van der Waals surface area contributed by atoms with E-state index in [0.29, 0.717) is 11.5 Å². The molecule has 16 heavy (non-hydrogen) atoms. The van der Waals surface area contributed by atoms with E-state index in [0.717, 1.165) is 12.4 Å². The van der Waals surface area contributed by atoms with Crippen molar-refractivity contribution >= 4 is 0 Å². The molecule has 1 aliphatic rings. The number of hydrogen-bond donors (Lipinski definition) is 0. The zero-order chi connectivity index (χ0) is 11.2. The molecule has 0 unspecified atom stereocenters. The molecule has 84 valence electrons. The highest BCUT2D eigenvalue weighted by molar-refractivity contribution is 5.42. The molecule has 2 nitrogen and oxygen atoms in total. The second-order valence-electron chi connectivity index (χ2n) is 4.42. The van der Waals surface area contributed by atoms with Crippen LogP contribution in [0, 0.1) is 17.2 Å². The van der Waals surface area contributed by atoms with Crippen molar-refractivity contribution in [1.29, 1.82) is 5.26 Å². The summed E-state index contributed by atoms with van der Waals surface area (Å²) in [6.07, 6.45) is 6.57. The molecule has 0 amide bonds. The van der Waals surface area contributed by atoms with Crippen molar-refractivity contribution in [2.45, 2.75) is 32.1 Å². The SMILES string of the molecule is N#Cc1ccccc1OCC1CCCCC1. The minimum atomic E-state index is 0.637. The Morgan fingerprint density at radius 3 is 2.69 bits per heavy atom. The molecule has 0 saturated heterocycles. The molecule has 1 fully saturated rings. The van der Waals surface area contributed by atoms with Crippen molar-refractivity contribution in [3.63, 3.8) is 0 Å². The van der Waals surface area contributed by atoms with Crippen LogP contribution in [0.4, 0.5) is 0 Å². The standard InChI is InChI=1S/C14H17NO/c15-10-13-8-4-5-9-14(13)16-11-12-6-2-1-3-7-12/h4-5,8-9,12H,1-3,6-7,11H2. The fourth-order valence-corrected chi connectivity index (χ4v) is 2.25. The topological polar surface area (TPSA) is 33.0 Å². The molecular weight excluding hydrogens is 198 g/mol. The fraction of sp³-hybridized carbons (Fsp3) is 0.500. The van der Waals surface area contributed by atoms with E-state index in [1.807, 2.05) is 18.2 Å². The highest BCUT2D eigenvalue weighted by Crippen LogP contribution is 2.25. The molecule has 0 radical (unpaired) electrons. The lowest BCUT2D eigenvalue weighted by atomic mass is 9.90. The van der Waals surface area contributed by atoms with Gasteiger partial charge in [-0.3, -0.25) is 0 Å². The summed E-state index contributed by atoms with van der Waals surface area (Å²) in [5, 5.41) is 8.93. The second kappa shape index (κ2) is 5.55. The zero-order valence-electron chi connectivity index (χ0n) is 9.48. The van der Waals surface area contributed by atoms with Gasteiger partial charge < -0.3 is 4.74 Å². The van der Waals surface area contributed by atoms with Crippen LogP contribution in [0.3, 0.4) is 0 Å². The van der Waals surface area contributed by atoms with Crippen molar-refractivity contribution in [2.75, 3.05) is 6.61 Å². The summed E-state index contributed by atoms with van der Waals surface area (Å²) in [7, 11) is 0. The fourth-order valence-electron chi connectivity index (χ4n) is 2.25. The van der Waals surface area contributed by atoms with E-state index >= 15 is 0 Å². The number of rotatable bonds is 3. The summed E-state index contributed by atoms with van der Waals surface area (Å²) in [5.74, 6) is 1.41. The van der Waals surface area contributed by atoms with Crippen molar-refractivity contribution < 1.29 is 4.74 Å². The maximum absolute atomic E-state index is 8.93. The van der Waals surface area contributed by atoms with Crippen LogP contribution < -0.4 is 4.74 Å². The van der Waals surface area contributed by atoms with Gasteiger partial charge >= 0.3 is 0 Å². The van der Waals surface area contributed by atoms with Gasteiger partial charge in [0.25, 0.3) is 0 Å². The molecule has 0 aliphatic heterocycles. The summed E-state index contributed by atoms with van der Waals surface area (Å²) in [5.41, 5.74) is 0.637. The van der Waals surface area contributed by atoms with Crippen molar-refractivity contribution in [2.24, 2.45) is 5.92 Å². The van der Waals surface area contributed by atoms with Gasteiger partial charge in [0.1, 0.15) is 11.8 Å². The molecule has 1 saturated carbocycles. The van der Waals surface area contributed by atoms with E-state index in [2.05, 4.69) is 6.07 Å². The largest absolute Gasteiger partial charge is 0.492 e. The van der Waals surface area contributed by atoms with E-state index < -0.39 is 0 Å². The molecule has 1 aliphatic carbocycles. The van der Waals surface area contributed by atoms with E-state index in [1.54, 1.807) is 6.07 Å². The normalized spacial score (nSPS) is 16.7. The van der Waals surface area contributed by atoms with Gasteiger partial charge in [0.2, 0.25) is 0 Å². The van der Waals surface area contributed by atoms with Crippen molar-refractivity contribution in [1.82, 2.24) is 0 Å². The van der Waals surface area contributed by atoms with Crippen LogP contribution in [-0.2, 0) is 0 Å². The number of hydrogen-bond acceptors (Lipinski definition) is 2. The zero-order valence-corrected chi connectivity index (χ0v) is 9.48. The Hall–Kier alpha value is -1.49. The van der Waals surface area contributed by atoms with Crippen LogP contribution in [0.25, 0.3) is 0 Å². The molecule has 0 atom stereocenters. The Kier molecular flexibility index (Phi) is 3.82. The Morgan fingerprint density at radius 1 is 1.19 bits per heavy atom. The van der Waals surface area contributed by atoms with Crippen LogP contribution in [0.5, 0.6) is 5.75 Å². The third kappa shape index (κ3) is 2.76. The monoisotopic (exact) mass is 215 g/mol. The van der Waals surface area contributed by atoms with Gasteiger partial charge in [-0.15, -0.1) is 0 Å². The van der Waals surface area contributed by atoms with E-state index in [-0.39, 0.29) is 0 Å². The number of para-hydroxylation sites is 1. The second-order valence-corrected chi connectivity index (χ2v) is 4.42. The number of nitriles is 1. The predicted octanol–water partition coefficient (Wildman–Crippen LogP) is 3.52. The van der Waals surface area contributed by atoms with E-state index in [9.17, 15) is 0 Å². The highest BCUT2D eigenvalue weighted by atomic mass is 16.5. The molecule has 0 N–H and O–H groups in total. The first-order valence-electron chi connectivity index (χ1n) is 6.02.